The Bertz CT molecular complexity index is 1010. The van der Waals surface area contributed by atoms with E-state index in [0.717, 1.165) is 22.8 Å². The monoisotopic (exact) mass is 432 g/mol. The van der Waals surface area contributed by atoms with Crippen LogP contribution in [0.15, 0.2) is 72.8 Å². The number of hydrogen-bond donors (Lipinski definition) is 1. The second-order valence-corrected chi connectivity index (χ2v) is 7.80. The van der Waals surface area contributed by atoms with Crippen molar-refractivity contribution >= 4 is 22.6 Å². The normalized spacial score (nSPS) is 11.7. The van der Waals surface area contributed by atoms with E-state index in [0.29, 0.717) is 31.7 Å². The molecule has 0 bridgehead atoms. The SMILES string of the molecule is CCCNC(=O)[C@H](CC)N(CCc1ccccc1)C(=O)COc1cccc2ccccc12. The first kappa shape index (κ1) is 23.3. The number of nitrogens with zero attached hydrogens (tertiary/aromatic N) is 1. The zero-order valence-corrected chi connectivity index (χ0v) is 18.9. The Kier molecular flexibility index (Phi) is 8.67. The predicted octanol–water partition coefficient (Wildman–Crippen LogP) is 4.59. The maximum Gasteiger partial charge on any atom is 0.261 e. The number of rotatable bonds is 11. The number of ether oxygens (including phenoxy) is 1. The second kappa shape index (κ2) is 11.9. The number of fused-ring (bicyclic) bond motifs is 1. The van der Waals surface area contributed by atoms with Crippen molar-refractivity contribution in [2.45, 2.75) is 39.2 Å². The van der Waals surface area contributed by atoms with Crippen LogP contribution in [0.5, 0.6) is 5.75 Å². The third-order valence-corrected chi connectivity index (χ3v) is 5.52. The molecule has 1 N–H and O–H groups in total. The van der Waals surface area contributed by atoms with Crippen LogP contribution in [0.25, 0.3) is 10.8 Å². The molecular formula is C27H32N2O3. The van der Waals surface area contributed by atoms with Gasteiger partial charge in [0.05, 0.1) is 0 Å². The molecule has 5 heteroatoms. The summed E-state index contributed by atoms with van der Waals surface area (Å²) < 4.78 is 5.95. The van der Waals surface area contributed by atoms with Gasteiger partial charge in [0.25, 0.3) is 5.91 Å². The summed E-state index contributed by atoms with van der Waals surface area (Å²) in [7, 11) is 0. The van der Waals surface area contributed by atoms with Gasteiger partial charge in [0, 0.05) is 18.5 Å². The molecule has 0 aromatic heterocycles. The molecular weight excluding hydrogens is 400 g/mol. The zero-order valence-electron chi connectivity index (χ0n) is 18.9. The largest absolute Gasteiger partial charge is 0.483 e. The summed E-state index contributed by atoms with van der Waals surface area (Å²) in [6.45, 7) is 4.89. The van der Waals surface area contributed by atoms with E-state index in [4.69, 9.17) is 4.74 Å². The summed E-state index contributed by atoms with van der Waals surface area (Å²) in [5, 5.41) is 4.96. The summed E-state index contributed by atoms with van der Waals surface area (Å²) >= 11 is 0. The minimum absolute atomic E-state index is 0.110. The number of benzene rings is 3. The minimum atomic E-state index is -0.520. The van der Waals surface area contributed by atoms with Gasteiger partial charge in [-0.3, -0.25) is 9.59 Å². The van der Waals surface area contributed by atoms with Crippen LogP contribution in [0, 0.1) is 0 Å². The van der Waals surface area contributed by atoms with Crippen LogP contribution < -0.4 is 10.1 Å². The molecule has 3 aromatic carbocycles. The van der Waals surface area contributed by atoms with Gasteiger partial charge in [-0.25, -0.2) is 0 Å². The Morgan fingerprint density at radius 2 is 1.66 bits per heavy atom. The molecule has 3 aromatic rings. The number of amides is 2. The summed E-state index contributed by atoms with van der Waals surface area (Å²) in [5.74, 6) is 0.372. The average molecular weight is 433 g/mol. The number of hydrogen-bond acceptors (Lipinski definition) is 3. The fraction of sp³-hybridized carbons (Fsp3) is 0.333. The second-order valence-electron chi connectivity index (χ2n) is 7.80. The van der Waals surface area contributed by atoms with Gasteiger partial charge in [-0.05, 0) is 36.3 Å². The predicted molar refractivity (Wildman–Crippen MR) is 129 cm³/mol. The first-order valence-electron chi connectivity index (χ1n) is 11.4. The number of carbonyl (C=O) groups excluding carboxylic acids is 2. The van der Waals surface area contributed by atoms with Crippen LogP contribution in [-0.4, -0.2) is 42.5 Å². The van der Waals surface area contributed by atoms with Gasteiger partial charge in [-0.2, -0.15) is 0 Å². The third-order valence-electron chi connectivity index (χ3n) is 5.52. The van der Waals surface area contributed by atoms with Crippen molar-refractivity contribution in [2.75, 3.05) is 19.7 Å². The molecule has 0 aliphatic heterocycles. The molecule has 0 fully saturated rings. The maximum atomic E-state index is 13.3. The standard InChI is InChI=1S/C27H32N2O3/c1-3-18-28-27(31)24(4-2)29(19-17-21-11-6-5-7-12-21)26(30)20-32-25-16-10-14-22-13-8-9-15-23(22)25/h5-16,24H,3-4,17-20H2,1-2H3,(H,28,31)/t24-/m0/s1. The highest BCUT2D eigenvalue weighted by Crippen LogP contribution is 2.25. The highest BCUT2D eigenvalue weighted by atomic mass is 16.5. The number of carbonyl (C=O) groups is 2. The van der Waals surface area contributed by atoms with Crippen molar-refractivity contribution in [3.05, 3.63) is 78.4 Å². The van der Waals surface area contributed by atoms with Crippen LogP contribution in [-0.2, 0) is 16.0 Å². The maximum absolute atomic E-state index is 13.3. The Hall–Kier alpha value is -3.34. The van der Waals surface area contributed by atoms with Crippen LogP contribution in [0.2, 0.25) is 0 Å². The Morgan fingerprint density at radius 3 is 2.41 bits per heavy atom. The Balaban J connectivity index is 1.75. The van der Waals surface area contributed by atoms with E-state index in [9.17, 15) is 9.59 Å². The fourth-order valence-electron chi connectivity index (χ4n) is 3.81. The topological polar surface area (TPSA) is 58.6 Å². The van der Waals surface area contributed by atoms with Crippen LogP contribution >= 0.6 is 0 Å². The molecule has 0 aliphatic rings. The van der Waals surface area contributed by atoms with Crippen molar-refractivity contribution in [1.82, 2.24) is 10.2 Å². The summed E-state index contributed by atoms with van der Waals surface area (Å²) in [4.78, 5) is 27.7. The molecule has 0 aliphatic carbocycles. The molecule has 0 saturated heterocycles. The summed E-state index contributed by atoms with van der Waals surface area (Å²) in [6.07, 6.45) is 2.08. The van der Waals surface area contributed by atoms with Crippen molar-refractivity contribution in [3.63, 3.8) is 0 Å². The Labute approximate surface area is 190 Å². The molecule has 3 rings (SSSR count). The van der Waals surface area contributed by atoms with E-state index in [1.165, 1.54) is 0 Å². The molecule has 0 heterocycles. The average Bonchev–Trinajstić information content (AvgIpc) is 2.84. The molecule has 0 radical (unpaired) electrons. The minimum Gasteiger partial charge on any atom is -0.483 e. The molecule has 32 heavy (non-hydrogen) atoms. The lowest BCUT2D eigenvalue weighted by Gasteiger charge is -2.30. The van der Waals surface area contributed by atoms with Gasteiger partial charge in [-0.15, -0.1) is 0 Å². The highest BCUT2D eigenvalue weighted by molar-refractivity contribution is 5.90. The molecule has 168 valence electrons. The summed E-state index contributed by atoms with van der Waals surface area (Å²) in [6, 6.07) is 23.2. The summed E-state index contributed by atoms with van der Waals surface area (Å²) in [5.41, 5.74) is 1.13. The quantitative estimate of drug-likeness (QED) is 0.482. The van der Waals surface area contributed by atoms with Crippen molar-refractivity contribution in [1.29, 1.82) is 0 Å². The van der Waals surface area contributed by atoms with Gasteiger partial charge in [0.1, 0.15) is 11.8 Å². The smallest absolute Gasteiger partial charge is 0.261 e. The van der Waals surface area contributed by atoms with Gasteiger partial charge in [-0.1, -0.05) is 80.6 Å². The van der Waals surface area contributed by atoms with Crippen molar-refractivity contribution < 1.29 is 14.3 Å². The zero-order chi connectivity index (χ0) is 22.8. The van der Waals surface area contributed by atoms with Gasteiger partial charge in [0.2, 0.25) is 5.91 Å². The van der Waals surface area contributed by atoms with E-state index >= 15 is 0 Å². The van der Waals surface area contributed by atoms with E-state index in [1.54, 1.807) is 4.90 Å². The lowest BCUT2D eigenvalue weighted by atomic mass is 10.1. The van der Waals surface area contributed by atoms with Crippen molar-refractivity contribution in [2.24, 2.45) is 0 Å². The van der Waals surface area contributed by atoms with Crippen LogP contribution in [0.3, 0.4) is 0 Å². The van der Waals surface area contributed by atoms with E-state index < -0.39 is 6.04 Å². The third kappa shape index (κ3) is 6.10. The lowest BCUT2D eigenvalue weighted by Crippen LogP contribution is -2.51. The van der Waals surface area contributed by atoms with E-state index in [1.807, 2.05) is 86.6 Å². The first-order chi connectivity index (χ1) is 15.6. The van der Waals surface area contributed by atoms with Crippen LogP contribution in [0.4, 0.5) is 0 Å². The first-order valence-corrected chi connectivity index (χ1v) is 11.4. The Morgan fingerprint density at radius 1 is 0.938 bits per heavy atom. The van der Waals surface area contributed by atoms with E-state index in [2.05, 4.69) is 5.32 Å². The van der Waals surface area contributed by atoms with Crippen LogP contribution in [0.1, 0.15) is 32.3 Å². The molecule has 0 unspecified atom stereocenters. The van der Waals surface area contributed by atoms with Crippen molar-refractivity contribution in [3.8, 4) is 5.75 Å². The molecule has 1 atom stereocenters. The van der Waals surface area contributed by atoms with Gasteiger partial charge >= 0.3 is 0 Å². The number of nitrogens with one attached hydrogen (secondary N) is 1. The molecule has 0 spiro atoms. The van der Waals surface area contributed by atoms with E-state index in [-0.39, 0.29) is 18.4 Å². The fourth-order valence-corrected chi connectivity index (χ4v) is 3.81. The van der Waals surface area contributed by atoms with Gasteiger partial charge < -0.3 is 15.0 Å². The molecule has 0 saturated carbocycles. The van der Waals surface area contributed by atoms with Gasteiger partial charge in [0.15, 0.2) is 6.61 Å². The highest BCUT2D eigenvalue weighted by Gasteiger charge is 2.28. The molecule has 2 amide bonds. The lowest BCUT2D eigenvalue weighted by molar-refractivity contribution is -0.142. The molecule has 5 nitrogen and oxygen atoms in total.